The minimum absolute atomic E-state index is 0.0401. The first kappa shape index (κ1) is 19.6. The van der Waals surface area contributed by atoms with E-state index in [-0.39, 0.29) is 11.7 Å². The number of rotatable bonds is 7. The van der Waals surface area contributed by atoms with Crippen molar-refractivity contribution in [2.24, 2.45) is 0 Å². The molecule has 7 nitrogen and oxygen atoms in total. The highest BCUT2D eigenvalue weighted by molar-refractivity contribution is 7.80. The summed E-state index contributed by atoms with van der Waals surface area (Å²) in [6.07, 6.45) is 0. The summed E-state index contributed by atoms with van der Waals surface area (Å²) in [4.78, 5) is 12.3. The first-order chi connectivity index (χ1) is 12.4. The lowest BCUT2D eigenvalue weighted by Gasteiger charge is -2.27. The average molecular weight is 374 g/mol. The summed E-state index contributed by atoms with van der Waals surface area (Å²) in [5.41, 5.74) is 1.79. The van der Waals surface area contributed by atoms with E-state index in [4.69, 9.17) is 17.0 Å². The summed E-state index contributed by atoms with van der Waals surface area (Å²) in [7, 11) is 5.64. The van der Waals surface area contributed by atoms with E-state index in [1.807, 2.05) is 38.4 Å². The molecule has 0 saturated heterocycles. The SMILES string of the molecule is COc1ccccc1[C@H](CNC(=S)Nc1ccc([N+](=O)[O-])cc1)N(C)C. The molecule has 0 amide bonds. The van der Waals surface area contributed by atoms with Crippen LogP contribution in [0.1, 0.15) is 11.6 Å². The van der Waals surface area contributed by atoms with Gasteiger partial charge in [0.2, 0.25) is 0 Å². The van der Waals surface area contributed by atoms with Gasteiger partial charge in [-0.2, -0.15) is 0 Å². The second kappa shape index (κ2) is 9.12. The van der Waals surface area contributed by atoms with Crippen LogP contribution in [-0.4, -0.2) is 42.7 Å². The summed E-state index contributed by atoms with van der Waals surface area (Å²) in [5.74, 6) is 0.822. The predicted molar refractivity (Wildman–Crippen MR) is 107 cm³/mol. The number of thiocarbonyl (C=S) groups is 1. The normalized spacial score (nSPS) is 11.7. The van der Waals surface area contributed by atoms with Crippen molar-refractivity contribution in [3.63, 3.8) is 0 Å². The Morgan fingerprint density at radius 1 is 1.23 bits per heavy atom. The lowest BCUT2D eigenvalue weighted by Crippen LogP contribution is -2.36. The Balaban J connectivity index is 2.00. The van der Waals surface area contributed by atoms with E-state index in [1.165, 1.54) is 12.1 Å². The number of non-ortho nitro benzene ring substituents is 1. The second-order valence-electron chi connectivity index (χ2n) is 5.86. The summed E-state index contributed by atoms with van der Waals surface area (Å²) in [5, 5.41) is 17.4. The number of nitro groups is 1. The number of nitro benzene ring substituents is 1. The van der Waals surface area contributed by atoms with Crippen LogP contribution in [0.2, 0.25) is 0 Å². The number of hydrogen-bond acceptors (Lipinski definition) is 5. The highest BCUT2D eigenvalue weighted by Crippen LogP contribution is 2.27. The van der Waals surface area contributed by atoms with Crippen molar-refractivity contribution in [3.8, 4) is 5.75 Å². The second-order valence-corrected chi connectivity index (χ2v) is 6.27. The molecule has 0 bridgehead atoms. The van der Waals surface area contributed by atoms with Gasteiger partial charge in [0.1, 0.15) is 5.75 Å². The summed E-state index contributed by atoms with van der Waals surface area (Å²) in [6, 6.07) is 14.0. The third-order valence-corrected chi connectivity index (χ3v) is 4.16. The van der Waals surface area contributed by atoms with Crippen molar-refractivity contribution < 1.29 is 9.66 Å². The van der Waals surface area contributed by atoms with Crippen molar-refractivity contribution in [1.29, 1.82) is 0 Å². The third kappa shape index (κ3) is 5.14. The summed E-state index contributed by atoms with van der Waals surface area (Å²) < 4.78 is 5.45. The first-order valence-electron chi connectivity index (χ1n) is 8.01. The molecule has 0 radical (unpaired) electrons. The summed E-state index contributed by atoms with van der Waals surface area (Å²) >= 11 is 5.33. The molecule has 1 atom stereocenters. The zero-order valence-corrected chi connectivity index (χ0v) is 15.7. The van der Waals surface area contributed by atoms with Crippen molar-refractivity contribution in [3.05, 3.63) is 64.2 Å². The zero-order chi connectivity index (χ0) is 19.1. The maximum absolute atomic E-state index is 10.7. The van der Waals surface area contributed by atoms with Gasteiger partial charge in [-0.1, -0.05) is 18.2 Å². The minimum atomic E-state index is -0.435. The lowest BCUT2D eigenvalue weighted by molar-refractivity contribution is -0.384. The molecule has 2 aromatic rings. The molecule has 0 spiro atoms. The number of hydrogen-bond donors (Lipinski definition) is 2. The van der Waals surface area contributed by atoms with Crippen molar-refractivity contribution in [1.82, 2.24) is 10.2 Å². The standard InChI is InChI=1S/C18H22N4O3S/c1-21(2)16(15-6-4-5-7-17(15)25-3)12-19-18(26)20-13-8-10-14(11-9-13)22(23)24/h4-11,16H,12H2,1-3H3,(H2,19,20,26)/t16-/m0/s1. The van der Waals surface area contributed by atoms with Gasteiger partial charge in [0.15, 0.2) is 5.11 Å². The van der Waals surface area contributed by atoms with Gasteiger partial charge in [-0.3, -0.25) is 10.1 Å². The zero-order valence-electron chi connectivity index (χ0n) is 14.9. The van der Waals surface area contributed by atoms with Crippen molar-refractivity contribution >= 4 is 28.7 Å². The van der Waals surface area contributed by atoms with E-state index < -0.39 is 4.92 Å². The van der Waals surface area contributed by atoms with E-state index in [9.17, 15) is 10.1 Å². The van der Waals surface area contributed by atoms with Gasteiger partial charge in [-0.05, 0) is 44.5 Å². The molecule has 0 aliphatic rings. The van der Waals surface area contributed by atoms with Crippen LogP contribution in [0.4, 0.5) is 11.4 Å². The number of benzene rings is 2. The van der Waals surface area contributed by atoms with Gasteiger partial charge in [-0.15, -0.1) is 0 Å². The fraction of sp³-hybridized carbons (Fsp3) is 0.278. The van der Waals surface area contributed by atoms with Gasteiger partial charge in [-0.25, -0.2) is 0 Å². The van der Waals surface area contributed by atoms with Gasteiger partial charge in [0.05, 0.1) is 18.1 Å². The minimum Gasteiger partial charge on any atom is -0.496 e. The van der Waals surface area contributed by atoms with E-state index in [0.29, 0.717) is 17.3 Å². The highest BCUT2D eigenvalue weighted by atomic mass is 32.1. The molecule has 2 rings (SSSR count). The smallest absolute Gasteiger partial charge is 0.269 e. The first-order valence-corrected chi connectivity index (χ1v) is 8.42. The van der Waals surface area contributed by atoms with Crippen LogP contribution >= 0.6 is 12.2 Å². The number of para-hydroxylation sites is 1. The fourth-order valence-corrected chi connectivity index (χ4v) is 2.74. The van der Waals surface area contributed by atoms with E-state index in [1.54, 1.807) is 19.2 Å². The Morgan fingerprint density at radius 2 is 1.88 bits per heavy atom. The molecular formula is C18H22N4O3S. The van der Waals surface area contributed by atoms with E-state index >= 15 is 0 Å². The number of nitrogens with zero attached hydrogens (tertiary/aromatic N) is 2. The molecular weight excluding hydrogens is 352 g/mol. The van der Waals surface area contributed by atoms with Gasteiger partial charge < -0.3 is 20.3 Å². The van der Waals surface area contributed by atoms with E-state index in [2.05, 4.69) is 15.5 Å². The number of methoxy groups -OCH3 is 1. The number of anilines is 1. The van der Waals surface area contributed by atoms with Gasteiger partial charge >= 0.3 is 0 Å². The van der Waals surface area contributed by atoms with Crippen LogP contribution in [-0.2, 0) is 0 Å². The molecule has 0 unspecified atom stereocenters. The molecule has 0 aliphatic carbocycles. The van der Waals surface area contributed by atoms with Gasteiger partial charge in [0.25, 0.3) is 5.69 Å². The molecule has 2 N–H and O–H groups in total. The Morgan fingerprint density at radius 3 is 2.46 bits per heavy atom. The largest absolute Gasteiger partial charge is 0.496 e. The fourth-order valence-electron chi connectivity index (χ4n) is 2.54. The molecule has 0 heterocycles. The van der Waals surface area contributed by atoms with Crippen LogP contribution in [0.3, 0.4) is 0 Å². The average Bonchev–Trinajstić information content (AvgIpc) is 2.62. The Bertz CT molecular complexity index is 765. The topological polar surface area (TPSA) is 79.7 Å². The van der Waals surface area contributed by atoms with Crippen LogP contribution < -0.4 is 15.4 Å². The third-order valence-electron chi connectivity index (χ3n) is 3.91. The maximum atomic E-state index is 10.7. The molecule has 2 aromatic carbocycles. The number of nitrogens with one attached hydrogen (secondary N) is 2. The lowest BCUT2D eigenvalue weighted by atomic mass is 10.0. The molecule has 0 saturated carbocycles. The Hall–Kier alpha value is -2.71. The quantitative estimate of drug-likeness (QED) is 0.438. The molecule has 0 aromatic heterocycles. The Kier molecular flexibility index (Phi) is 6.88. The Labute approximate surface area is 158 Å². The predicted octanol–water partition coefficient (Wildman–Crippen LogP) is 3.19. The highest BCUT2D eigenvalue weighted by Gasteiger charge is 2.18. The molecule has 0 fully saturated rings. The van der Waals surface area contributed by atoms with Crippen molar-refractivity contribution in [2.45, 2.75) is 6.04 Å². The number of likely N-dealkylation sites (N-methyl/N-ethyl adjacent to an activating group) is 1. The molecule has 8 heteroatoms. The summed E-state index contributed by atoms with van der Waals surface area (Å²) in [6.45, 7) is 0.576. The van der Waals surface area contributed by atoms with Gasteiger partial charge in [0, 0.05) is 29.9 Å². The van der Waals surface area contributed by atoms with Crippen LogP contribution in [0.15, 0.2) is 48.5 Å². The molecule has 26 heavy (non-hydrogen) atoms. The van der Waals surface area contributed by atoms with Crippen molar-refractivity contribution in [2.75, 3.05) is 33.1 Å². The van der Waals surface area contributed by atoms with Crippen LogP contribution in [0, 0.1) is 10.1 Å². The monoisotopic (exact) mass is 374 g/mol. The molecule has 0 aliphatic heterocycles. The maximum Gasteiger partial charge on any atom is 0.269 e. The number of ether oxygens (including phenoxy) is 1. The molecule has 138 valence electrons. The van der Waals surface area contributed by atoms with Crippen LogP contribution in [0.5, 0.6) is 5.75 Å². The van der Waals surface area contributed by atoms with Crippen LogP contribution in [0.25, 0.3) is 0 Å². The van der Waals surface area contributed by atoms with E-state index in [0.717, 1.165) is 11.3 Å².